The predicted molar refractivity (Wildman–Crippen MR) is 82.8 cm³/mol. The Morgan fingerprint density at radius 1 is 1.32 bits per heavy atom. The van der Waals surface area contributed by atoms with Gasteiger partial charge < -0.3 is 9.64 Å². The van der Waals surface area contributed by atoms with E-state index in [1.54, 1.807) is 24.0 Å². The molecular weight excluding hydrogens is 306 g/mol. The maximum atomic E-state index is 12.5. The first-order chi connectivity index (χ1) is 10.6. The second kappa shape index (κ2) is 8.10. The van der Waals surface area contributed by atoms with E-state index in [0.717, 1.165) is 13.0 Å². The van der Waals surface area contributed by atoms with Gasteiger partial charge in [-0.1, -0.05) is 11.6 Å². The van der Waals surface area contributed by atoms with Crippen LogP contribution in [-0.4, -0.2) is 66.0 Å². The average molecular weight is 326 g/mol. The maximum absolute atomic E-state index is 12.5. The number of esters is 1. The third kappa shape index (κ3) is 4.68. The van der Waals surface area contributed by atoms with Gasteiger partial charge in [0.15, 0.2) is 0 Å². The van der Waals surface area contributed by atoms with Crippen molar-refractivity contribution >= 4 is 23.5 Å². The Morgan fingerprint density at radius 3 is 2.86 bits per heavy atom. The van der Waals surface area contributed by atoms with Crippen LogP contribution in [0.2, 0.25) is 5.15 Å². The zero-order valence-electron chi connectivity index (χ0n) is 12.6. The summed E-state index contributed by atoms with van der Waals surface area (Å²) in [4.78, 5) is 31.7. The second-order valence-electron chi connectivity index (χ2n) is 5.09. The van der Waals surface area contributed by atoms with Crippen molar-refractivity contribution < 1.29 is 14.3 Å². The van der Waals surface area contributed by atoms with E-state index in [1.807, 2.05) is 4.90 Å². The molecule has 1 aliphatic heterocycles. The molecule has 2 heterocycles. The van der Waals surface area contributed by atoms with Gasteiger partial charge in [-0.3, -0.25) is 14.5 Å². The lowest BCUT2D eigenvalue weighted by Gasteiger charge is -2.21. The first-order valence-corrected chi connectivity index (χ1v) is 7.76. The average Bonchev–Trinajstić information content (AvgIpc) is 2.72. The minimum absolute atomic E-state index is 0.0534. The van der Waals surface area contributed by atoms with Crippen molar-refractivity contribution in [2.75, 3.05) is 39.3 Å². The van der Waals surface area contributed by atoms with Gasteiger partial charge in [-0.25, -0.2) is 4.98 Å². The number of amides is 1. The molecule has 0 unspecified atom stereocenters. The van der Waals surface area contributed by atoms with Crippen LogP contribution >= 0.6 is 11.6 Å². The fourth-order valence-electron chi connectivity index (χ4n) is 2.44. The van der Waals surface area contributed by atoms with Crippen LogP contribution in [0.25, 0.3) is 0 Å². The number of ether oxygens (including phenoxy) is 1. The maximum Gasteiger partial charge on any atom is 0.320 e. The van der Waals surface area contributed by atoms with Gasteiger partial charge in [0.2, 0.25) is 0 Å². The topological polar surface area (TPSA) is 62.7 Å². The van der Waals surface area contributed by atoms with E-state index in [9.17, 15) is 9.59 Å². The van der Waals surface area contributed by atoms with Crippen molar-refractivity contribution in [1.82, 2.24) is 14.8 Å². The zero-order chi connectivity index (χ0) is 15.9. The Balaban J connectivity index is 1.92. The molecule has 6 nitrogen and oxygen atoms in total. The summed E-state index contributed by atoms with van der Waals surface area (Å²) in [5, 5.41) is 0.310. The van der Waals surface area contributed by atoms with E-state index in [4.69, 9.17) is 16.3 Å². The molecule has 120 valence electrons. The van der Waals surface area contributed by atoms with Crippen LogP contribution in [0.15, 0.2) is 18.3 Å². The number of hydrogen-bond donors (Lipinski definition) is 0. The number of nitrogens with zero attached hydrogens (tertiary/aromatic N) is 3. The summed E-state index contributed by atoms with van der Waals surface area (Å²) in [7, 11) is 0. The minimum atomic E-state index is -0.219. The van der Waals surface area contributed by atoms with E-state index in [0.29, 0.717) is 37.0 Å². The third-order valence-electron chi connectivity index (χ3n) is 3.51. The van der Waals surface area contributed by atoms with Gasteiger partial charge in [-0.05, 0) is 25.5 Å². The summed E-state index contributed by atoms with van der Waals surface area (Å²) < 4.78 is 4.96. The summed E-state index contributed by atoms with van der Waals surface area (Å²) in [6.45, 7) is 5.14. The molecule has 2 rings (SSSR count). The smallest absolute Gasteiger partial charge is 0.320 e. The SMILES string of the molecule is CCOC(=O)CN1CCCN(C(=O)c2ccnc(Cl)c2)CC1. The molecule has 7 heteroatoms. The molecule has 0 radical (unpaired) electrons. The fourth-order valence-corrected chi connectivity index (χ4v) is 2.61. The van der Waals surface area contributed by atoms with Crippen LogP contribution in [0.1, 0.15) is 23.7 Å². The number of aromatic nitrogens is 1. The Hall–Kier alpha value is -1.66. The monoisotopic (exact) mass is 325 g/mol. The van der Waals surface area contributed by atoms with E-state index in [2.05, 4.69) is 4.98 Å². The number of carbonyl (C=O) groups excluding carboxylic acids is 2. The molecule has 1 amide bonds. The van der Waals surface area contributed by atoms with Crippen LogP contribution in [-0.2, 0) is 9.53 Å². The Kier molecular flexibility index (Phi) is 6.15. The summed E-state index contributed by atoms with van der Waals surface area (Å²) in [6, 6.07) is 3.24. The first-order valence-electron chi connectivity index (χ1n) is 7.39. The fraction of sp³-hybridized carbons (Fsp3) is 0.533. The van der Waals surface area contributed by atoms with Crippen molar-refractivity contribution in [3.63, 3.8) is 0 Å². The lowest BCUT2D eigenvalue weighted by atomic mass is 10.2. The summed E-state index contributed by atoms with van der Waals surface area (Å²) in [5.41, 5.74) is 0.541. The zero-order valence-corrected chi connectivity index (χ0v) is 13.4. The van der Waals surface area contributed by atoms with Crippen LogP contribution in [0.4, 0.5) is 0 Å². The summed E-state index contributed by atoms with van der Waals surface area (Å²) in [5.74, 6) is -0.273. The van der Waals surface area contributed by atoms with Gasteiger partial charge in [-0.15, -0.1) is 0 Å². The number of hydrogen-bond acceptors (Lipinski definition) is 5. The molecule has 0 saturated carbocycles. The Labute approximate surface area is 135 Å². The Bertz CT molecular complexity index is 539. The summed E-state index contributed by atoms with van der Waals surface area (Å²) in [6.07, 6.45) is 2.35. The van der Waals surface area contributed by atoms with Crippen LogP contribution in [0.5, 0.6) is 0 Å². The van der Waals surface area contributed by atoms with E-state index >= 15 is 0 Å². The molecule has 0 bridgehead atoms. The van der Waals surface area contributed by atoms with Crippen LogP contribution < -0.4 is 0 Å². The van der Waals surface area contributed by atoms with Gasteiger partial charge in [0.25, 0.3) is 5.91 Å². The van der Waals surface area contributed by atoms with Gasteiger partial charge >= 0.3 is 5.97 Å². The molecule has 0 aliphatic carbocycles. The number of rotatable bonds is 4. The molecule has 1 aromatic rings. The normalized spacial score (nSPS) is 16.2. The molecule has 1 aliphatic rings. The molecule has 0 spiro atoms. The predicted octanol–water partition coefficient (Wildman–Crippen LogP) is 1.45. The molecule has 0 atom stereocenters. The van der Waals surface area contributed by atoms with Crippen LogP contribution in [0.3, 0.4) is 0 Å². The molecule has 1 saturated heterocycles. The van der Waals surface area contributed by atoms with Gasteiger partial charge in [0.05, 0.1) is 13.2 Å². The highest BCUT2D eigenvalue weighted by Crippen LogP contribution is 2.12. The van der Waals surface area contributed by atoms with Crippen molar-refractivity contribution in [3.05, 3.63) is 29.0 Å². The molecular formula is C15H20ClN3O3. The van der Waals surface area contributed by atoms with Crippen molar-refractivity contribution in [3.8, 4) is 0 Å². The largest absolute Gasteiger partial charge is 0.465 e. The van der Waals surface area contributed by atoms with Crippen molar-refractivity contribution in [2.45, 2.75) is 13.3 Å². The third-order valence-corrected chi connectivity index (χ3v) is 3.71. The highest BCUT2D eigenvalue weighted by molar-refractivity contribution is 6.29. The standard InChI is InChI=1S/C15H20ClN3O3/c1-2-22-14(20)11-18-6-3-7-19(9-8-18)15(21)12-4-5-17-13(16)10-12/h4-5,10H,2-3,6-9,11H2,1H3. The van der Waals surface area contributed by atoms with Crippen molar-refractivity contribution in [2.24, 2.45) is 0 Å². The molecule has 1 fully saturated rings. The van der Waals surface area contributed by atoms with Gasteiger partial charge in [0, 0.05) is 37.9 Å². The number of carbonyl (C=O) groups is 2. The van der Waals surface area contributed by atoms with Crippen molar-refractivity contribution in [1.29, 1.82) is 0 Å². The molecule has 22 heavy (non-hydrogen) atoms. The molecule has 0 N–H and O–H groups in total. The van der Waals surface area contributed by atoms with Crippen LogP contribution in [0, 0.1) is 0 Å². The number of pyridine rings is 1. The first kappa shape index (κ1) is 16.7. The van der Waals surface area contributed by atoms with E-state index in [1.165, 1.54) is 6.20 Å². The lowest BCUT2D eigenvalue weighted by molar-refractivity contribution is -0.144. The van der Waals surface area contributed by atoms with E-state index in [-0.39, 0.29) is 18.4 Å². The quantitative estimate of drug-likeness (QED) is 0.619. The number of halogens is 1. The lowest BCUT2D eigenvalue weighted by Crippen LogP contribution is -2.37. The van der Waals surface area contributed by atoms with Gasteiger partial charge in [-0.2, -0.15) is 0 Å². The van der Waals surface area contributed by atoms with Gasteiger partial charge in [0.1, 0.15) is 5.15 Å². The Morgan fingerprint density at radius 2 is 2.14 bits per heavy atom. The second-order valence-corrected chi connectivity index (χ2v) is 5.48. The summed E-state index contributed by atoms with van der Waals surface area (Å²) >= 11 is 5.83. The molecule has 1 aromatic heterocycles. The minimum Gasteiger partial charge on any atom is -0.465 e. The molecule has 0 aromatic carbocycles. The highest BCUT2D eigenvalue weighted by atomic mass is 35.5. The van der Waals surface area contributed by atoms with E-state index < -0.39 is 0 Å². The highest BCUT2D eigenvalue weighted by Gasteiger charge is 2.21.